The minimum atomic E-state index is -0.123. The number of amides is 1. The standard InChI is InChI=1S/C24H27N5O3/c1-2-16-10-21-22(28-23(16)30)9-15(11-25-21)13-29-8-7-19(14-29)32-18-5-6-20(26-12-18)24(31)27-17-3-4-17/h5-6,9-12,17,19H,2-4,7-8,13-14H2,1H3,(H,27,31)(H,28,30)/t19-/m1/s1. The number of rotatable bonds is 7. The van der Waals surface area contributed by atoms with Crippen LogP contribution in [0.3, 0.4) is 0 Å². The van der Waals surface area contributed by atoms with Gasteiger partial charge in [-0.2, -0.15) is 0 Å². The van der Waals surface area contributed by atoms with Gasteiger partial charge in [-0.25, -0.2) is 4.98 Å². The number of aryl methyl sites for hydroxylation is 1. The number of hydrogen-bond donors (Lipinski definition) is 2. The van der Waals surface area contributed by atoms with E-state index in [2.05, 4.69) is 25.2 Å². The molecule has 0 aromatic carbocycles. The van der Waals surface area contributed by atoms with Crippen molar-refractivity contribution in [3.63, 3.8) is 0 Å². The van der Waals surface area contributed by atoms with Gasteiger partial charge < -0.3 is 15.0 Å². The molecule has 3 aromatic rings. The van der Waals surface area contributed by atoms with Crippen molar-refractivity contribution in [1.82, 2.24) is 25.2 Å². The summed E-state index contributed by atoms with van der Waals surface area (Å²) in [6.45, 7) is 4.43. The van der Waals surface area contributed by atoms with Crippen LogP contribution in [0.2, 0.25) is 0 Å². The number of likely N-dealkylation sites (tertiary alicyclic amines) is 1. The normalized spacial score (nSPS) is 18.7. The Balaban J connectivity index is 1.17. The average molecular weight is 434 g/mol. The molecule has 32 heavy (non-hydrogen) atoms. The van der Waals surface area contributed by atoms with E-state index in [1.807, 2.05) is 31.3 Å². The molecule has 1 saturated heterocycles. The minimum absolute atomic E-state index is 0.0433. The molecule has 0 spiro atoms. The molecule has 166 valence electrons. The van der Waals surface area contributed by atoms with E-state index in [0.717, 1.165) is 61.1 Å². The first kappa shape index (κ1) is 20.6. The first-order chi connectivity index (χ1) is 15.6. The SMILES string of the molecule is CCc1cc2ncc(CN3CC[C@@H](Oc4ccc(C(=O)NC5CC5)nc4)C3)cc2[nH]c1=O. The van der Waals surface area contributed by atoms with Crippen LogP contribution in [0, 0.1) is 0 Å². The number of H-pyrrole nitrogens is 1. The zero-order valence-electron chi connectivity index (χ0n) is 18.1. The highest BCUT2D eigenvalue weighted by atomic mass is 16.5. The molecule has 1 aliphatic heterocycles. The number of pyridine rings is 3. The van der Waals surface area contributed by atoms with Crippen molar-refractivity contribution in [3.8, 4) is 5.75 Å². The Kier molecular flexibility index (Phi) is 5.61. The van der Waals surface area contributed by atoms with Crippen LogP contribution in [-0.4, -0.2) is 51.0 Å². The number of aromatic amines is 1. The third-order valence-electron chi connectivity index (χ3n) is 6.03. The maximum absolute atomic E-state index is 12.1. The zero-order chi connectivity index (χ0) is 22.1. The van der Waals surface area contributed by atoms with Gasteiger partial charge in [0.05, 0.1) is 17.2 Å². The van der Waals surface area contributed by atoms with Gasteiger partial charge in [0.25, 0.3) is 11.5 Å². The van der Waals surface area contributed by atoms with Gasteiger partial charge in [-0.05, 0) is 55.5 Å². The quantitative estimate of drug-likeness (QED) is 0.594. The first-order valence-corrected chi connectivity index (χ1v) is 11.2. The summed E-state index contributed by atoms with van der Waals surface area (Å²) in [6.07, 6.45) is 7.29. The topological polar surface area (TPSA) is 100 Å². The van der Waals surface area contributed by atoms with Gasteiger partial charge in [0.1, 0.15) is 17.5 Å². The molecule has 3 aromatic heterocycles. The summed E-state index contributed by atoms with van der Waals surface area (Å²) in [5.41, 5.74) is 3.78. The zero-order valence-corrected chi connectivity index (χ0v) is 18.1. The lowest BCUT2D eigenvalue weighted by Gasteiger charge is -2.17. The van der Waals surface area contributed by atoms with Crippen molar-refractivity contribution in [3.05, 3.63) is 63.8 Å². The smallest absolute Gasteiger partial charge is 0.270 e. The molecule has 0 unspecified atom stereocenters. The number of fused-ring (bicyclic) bond motifs is 1. The molecule has 5 rings (SSSR count). The fourth-order valence-corrected chi connectivity index (χ4v) is 4.07. The molecule has 1 amide bonds. The van der Waals surface area contributed by atoms with E-state index < -0.39 is 0 Å². The third kappa shape index (κ3) is 4.65. The van der Waals surface area contributed by atoms with E-state index in [1.165, 1.54) is 0 Å². The highest BCUT2D eigenvalue weighted by Gasteiger charge is 2.26. The lowest BCUT2D eigenvalue weighted by atomic mass is 10.1. The van der Waals surface area contributed by atoms with Gasteiger partial charge in [-0.3, -0.25) is 19.5 Å². The third-order valence-corrected chi connectivity index (χ3v) is 6.03. The van der Waals surface area contributed by atoms with E-state index in [1.54, 1.807) is 12.3 Å². The molecule has 2 N–H and O–H groups in total. The molecular weight excluding hydrogens is 406 g/mol. The molecule has 2 aliphatic rings. The summed E-state index contributed by atoms with van der Waals surface area (Å²) in [5, 5.41) is 2.94. The Hall–Kier alpha value is -3.26. The maximum atomic E-state index is 12.1. The second-order valence-corrected chi connectivity index (χ2v) is 8.64. The van der Waals surface area contributed by atoms with Gasteiger partial charge in [0, 0.05) is 37.4 Å². The molecule has 2 fully saturated rings. The minimum Gasteiger partial charge on any atom is -0.487 e. The van der Waals surface area contributed by atoms with Crippen molar-refractivity contribution in [2.24, 2.45) is 0 Å². The molecule has 4 heterocycles. The molecule has 1 aliphatic carbocycles. The average Bonchev–Trinajstić information content (AvgIpc) is 3.51. The number of carbonyl (C=O) groups excluding carboxylic acids is 1. The van der Waals surface area contributed by atoms with E-state index in [-0.39, 0.29) is 17.6 Å². The first-order valence-electron chi connectivity index (χ1n) is 11.2. The van der Waals surface area contributed by atoms with E-state index in [9.17, 15) is 9.59 Å². The van der Waals surface area contributed by atoms with Gasteiger partial charge in [0.2, 0.25) is 0 Å². The summed E-state index contributed by atoms with van der Waals surface area (Å²) in [5.74, 6) is 0.554. The number of hydrogen-bond acceptors (Lipinski definition) is 6. The fraction of sp³-hybridized carbons (Fsp3) is 0.417. The van der Waals surface area contributed by atoms with Crippen LogP contribution >= 0.6 is 0 Å². The number of carbonyl (C=O) groups is 1. The van der Waals surface area contributed by atoms with Gasteiger partial charge >= 0.3 is 0 Å². The number of ether oxygens (including phenoxy) is 1. The van der Waals surface area contributed by atoms with E-state index >= 15 is 0 Å². The summed E-state index contributed by atoms with van der Waals surface area (Å²) in [6, 6.07) is 7.72. The number of nitrogens with one attached hydrogen (secondary N) is 2. The Morgan fingerprint density at radius 1 is 1.22 bits per heavy atom. The van der Waals surface area contributed by atoms with Gasteiger partial charge in [-0.15, -0.1) is 0 Å². The monoisotopic (exact) mass is 433 g/mol. The Bertz CT molecular complexity index is 1190. The van der Waals surface area contributed by atoms with Crippen molar-refractivity contribution in [2.75, 3.05) is 13.1 Å². The van der Waals surface area contributed by atoms with Crippen LogP contribution in [0.4, 0.5) is 0 Å². The molecular formula is C24H27N5O3. The van der Waals surface area contributed by atoms with Gasteiger partial charge in [0.15, 0.2) is 0 Å². The lowest BCUT2D eigenvalue weighted by Crippen LogP contribution is -2.26. The summed E-state index contributed by atoms with van der Waals surface area (Å²) >= 11 is 0. The second kappa shape index (κ2) is 8.70. The van der Waals surface area contributed by atoms with Crippen LogP contribution in [0.25, 0.3) is 11.0 Å². The van der Waals surface area contributed by atoms with E-state index in [0.29, 0.717) is 23.9 Å². The highest BCUT2D eigenvalue weighted by Crippen LogP contribution is 2.22. The van der Waals surface area contributed by atoms with E-state index in [4.69, 9.17) is 4.74 Å². The van der Waals surface area contributed by atoms with Crippen molar-refractivity contribution in [1.29, 1.82) is 0 Å². The lowest BCUT2D eigenvalue weighted by molar-refractivity contribution is 0.0946. The van der Waals surface area contributed by atoms with Crippen molar-refractivity contribution >= 4 is 16.9 Å². The van der Waals surface area contributed by atoms with Crippen molar-refractivity contribution < 1.29 is 9.53 Å². The Labute approximate surface area is 186 Å². The molecule has 8 nitrogen and oxygen atoms in total. The van der Waals surface area contributed by atoms with Crippen LogP contribution < -0.4 is 15.6 Å². The molecule has 0 bridgehead atoms. The van der Waals surface area contributed by atoms with Crippen LogP contribution in [0.5, 0.6) is 5.75 Å². The molecule has 0 radical (unpaired) electrons. The maximum Gasteiger partial charge on any atom is 0.270 e. The summed E-state index contributed by atoms with van der Waals surface area (Å²) in [7, 11) is 0. The van der Waals surface area contributed by atoms with Crippen LogP contribution in [-0.2, 0) is 13.0 Å². The highest BCUT2D eigenvalue weighted by molar-refractivity contribution is 5.92. The Morgan fingerprint density at radius 2 is 2.09 bits per heavy atom. The van der Waals surface area contributed by atoms with Crippen LogP contribution in [0.15, 0.2) is 41.5 Å². The number of aromatic nitrogens is 3. The largest absolute Gasteiger partial charge is 0.487 e. The summed E-state index contributed by atoms with van der Waals surface area (Å²) < 4.78 is 6.08. The predicted octanol–water partition coefficient (Wildman–Crippen LogP) is 2.43. The second-order valence-electron chi connectivity index (χ2n) is 8.64. The Morgan fingerprint density at radius 3 is 2.84 bits per heavy atom. The van der Waals surface area contributed by atoms with Gasteiger partial charge in [-0.1, -0.05) is 6.92 Å². The summed E-state index contributed by atoms with van der Waals surface area (Å²) in [4.78, 5) is 38.2. The number of nitrogens with zero attached hydrogens (tertiary/aromatic N) is 3. The fourth-order valence-electron chi connectivity index (χ4n) is 4.07. The molecule has 8 heteroatoms. The molecule has 1 saturated carbocycles. The van der Waals surface area contributed by atoms with Crippen LogP contribution in [0.1, 0.15) is 47.8 Å². The molecule has 1 atom stereocenters. The predicted molar refractivity (Wildman–Crippen MR) is 121 cm³/mol. The van der Waals surface area contributed by atoms with Crippen molar-refractivity contribution in [2.45, 2.75) is 51.3 Å².